The molecule has 1 unspecified atom stereocenters. The summed E-state index contributed by atoms with van der Waals surface area (Å²) in [7, 11) is 1.88. The average molecular weight is 353 g/mol. The van der Waals surface area contributed by atoms with E-state index in [1.807, 2.05) is 19.3 Å². The van der Waals surface area contributed by atoms with Crippen LogP contribution in [0, 0.1) is 0 Å². The first kappa shape index (κ1) is 16.6. The summed E-state index contributed by atoms with van der Waals surface area (Å²) >= 11 is 0. The van der Waals surface area contributed by atoms with E-state index in [2.05, 4.69) is 61.2 Å². The van der Waals surface area contributed by atoms with E-state index in [9.17, 15) is 0 Å². The second-order valence-electron chi connectivity index (χ2n) is 6.69. The Morgan fingerprint density at radius 1 is 1.19 bits per heavy atom. The van der Waals surface area contributed by atoms with Crippen LogP contribution >= 0.6 is 0 Å². The summed E-state index contributed by atoms with van der Waals surface area (Å²) in [5, 5.41) is 23.4. The van der Waals surface area contributed by atoms with Crippen LogP contribution < -0.4 is 10.2 Å². The summed E-state index contributed by atoms with van der Waals surface area (Å²) in [4.78, 5) is 2.24. The average Bonchev–Trinajstić information content (AvgIpc) is 3.34. The second kappa shape index (κ2) is 7.20. The molecule has 0 bridgehead atoms. The molecule has 136 valence electrons. The Balaban J connectivity index is 1.36. The van der Waals surface area contributed by atoms with Crippen LogP contribution in [0.3, 0.4) is 0 Å². The first-order chi connectivity index (χ1) is 12.7. The number of anilines is 1. The molecular weight excluding hydrogens is 330 g/mol. The van der Waals surface area contributed by atoms with Gasteiger partial charge < -0.3 is 10.2 Å². The van der Waals surface area contributed by atoms with Crippen molar-refractivity contribution in [2.75, 3.05) is 18.0 Å². The van der Waals surface area contributed by atoms with Gasteiger partial charge in [0.25, 0.3) is 0 Å². The maximum Gasteiger partial charge on any atom is 0.245 e. The van der Waals surface area contributed by atoms with E-state index in [-0.39, 0.29) is 6.04 Å². The molecule has 1 aliphatic heterocycles. The predicted octanol–water partition coefficient (Wildman–Crippen LogP) is 1.11. The van der Waals surface area contributed by atoms with Gasteiger partial charge in [0.15, 0.2) is 0 Å². The fraction of sp³-hybridized carbons (Fsp3) is 0.471. The first-order valence-electron chi connectivity index (χ1n) is 8.91. The quantitative estimate of drug-likeness (QED) is 0.735. The highest BCUT2D eigenvalue weighted by atomic mass is 15.6. The van der Waals surface area contributed by atoms with Crippen LogP contribution in [0.4, 0.5) is 5.95 Å². The molecule has 1 aromatic carbocycles. The molecule has 4 rings (SSSR count). The third-order valence-corrected chi connectivity index (χ3v) is 4.92. The topological polar surface area (TPSA) is 89.6 Å². The highest BCUT2D eigenvalue weighted by Crippen LogP contribution is 2.21. The van der Waals surface area contributed by atoms with Crippen molar-refractivity contribution in [3.8, 4) is 5.69 Å². The number of aryl methyl sites for hydroxylation is 1. The lowest BCUT2D eigenvalue weighted by molar-refractivity contribution is 0.377. The monoisotopic (exact) mass is 353 g/mol. The summed E-state index contributed by atoms with van der Waals surface area (Å²) in [6, 6.07) is 9.17. The van der Waals surface area contributed by atoms with Crippen LogP contribution in [0.5, 0.6) is 0 Å². The summed E-state index contributed by atoms with van der Waals surface area (Å²) < 4.78 is 3.51. The van der Waals surface area contributed by atoms with Crippen molar-refractivity contribution in [1.29, 1.82) is 0 Å². The zero-order valence-electron chi connectivity index (χ0n) is 15.0. The van der Waals surface area contributed by atoms with Gasteiger partial charge in [0.1, 0.15) is 0 Å². The van der Waals surface area contributed by atoms with Gasteiger partial charge in [-0.3, -0.25) is 0 Å². The molecule has 0 radical (unpaired) electrons. The molecule has 1 fully saturated rings. The fourth-order valence-corrected chi connectivity index (χ4v) is 3.47. The predicted molar refractivity (Wildman–Crippen MR) is 96.9 cm³/mol. The van der Waals surface area contributed by atoms with Crippen LogP contribution in [-0.2, 0) is 7.05 Å². The summed E-state index contributed by atoms with van der Waals surface area (Å²) in [6.45, 7) is 4.12. The van der Waals surface area contributed by atoms with Crippen LogP contribution in [0.2, 0.25) is 0 Å². The van der Waals surface area contributed by atoms with Gasteiger partial charge in [-0.1, -0.05) is 22.4 Å². The van der Waals surface area contributed by atoms with E-state index in [0.717, 1.165) is 37.6 Å². The number of piperidine rings is 1. The Morgan fingerprint density at radius 3 is 2.73 bits per heavy atom. The molecule has 1 aliphatic rings. The molecular formula is C17H23N9. The van der Waals surface area contributed by atoms with Crippen molar-refractivity contribution in [3.63, 3.8) is 0 Å². The van der Waals surface area contributed by atoms with Gasteiger partial charge >= 0.3 is 0 Å². The highest BCUT2D eigenvalue weighted by Gasteiger charge is 2.23. The van der Waals surface area contributed by atoms with Gasteiger partial charge in [-0.05, 0) is 47.9 Å². The number of hydrogen-bond acceptors (Lipinski definition) is 7. The number of aromatic nitrogens is 7. The van der Waals surface area contributed by atoms with Gasteiger partial charge in [0.2, 0.25) is 5.95 Å². The standard InChI is InChI=1S/C17H23N9/c1-13(14-4-3-5-16(12-14)26-11-8-18-22-26)19-15-6-9-25(10-7-15)17-20-21-23-24(17)2/h3-5,8,11-13,15,19H,6-7,9-10H2,1-2H3. The molecule has 0 amide bonds. The molecule has 0 saturated carbocycles. The minimum atomic E-state index is 0.270. The van der Waals surface area contributed by atoms with Crippen LogP contribution in [0.15, 0.2) is 36.7 Å². The summed E-state index contributed by atoms with van der Waals surface area (Å²) in [5.41, 5.74) is 2.27. The van der Waals surface area contributed by atoms with Crippen LogP contribution in [0.25, 0.3) is 5.69 Å². The van der Waals surface area contributed by atoms with E-state index < -0.39 is 0 Å². The molecule has 1 N–H and O–H groups in total. The number of rotatable bonds is 5. The Labute approximate surface area is 152 Å². The molecule has 0 spiro atoms. The van der Waals surface area contributed by atoms with Gasteiger partial charge in [-0.25, -0.2) is 9.36 Å². The van der Waals surface area contributed by atoms with Gasteiger partial charge in [-0.15, -0.1) is 5.10 Å². The smallest absolute Gasteiger partial charge is 0.245 e. The maximum atomic E-state index is 4.10. The largest absolute Gasteiger partial charge is 0.340 e. The van der Waals surface area contributed by atoms with Crippen molar-refractivity contribution in [1.82, 2.24) is 40.5 Å². The molecule has 26 heavy (non-hydrogen) atoms. The lowest BCUT2D eigenvalue weighted by Gasteiger charge is -2.34. The summed E-state index contributed by atoms with van der Waals surface area (Å²) in [6.07, 6.45) is 5.68. The second-order valence-corrected chi connectivity index (χ2v) is 6.69. The molecule has 3 aromatic rings. The lowest BCUT2D eigenvalue weighted by Crippen LogP contribution is -2.44. The fourth-order valence-electron chi connectivity index (χ4n) is 3.47. The van der Waals surface area contributed by atoms with E-state index in [1.165, 1.54) is 5.56 Å². The van der Waals surface area contributed by atoms with Crippen LogP contribution in [0.1, 0.15) is 31.4 Å². The Hall–Kier alpha value is -2.81. The third kappa shape index (κ3) is 3.43. The molecule has 9 nitrogen and oxygen atoms in total. The van der Waals surface area contributed by atoms with Crippen molar-refractivity contribution in [2.24, 2.45) is 7.05 Å². The van der Waals surface area contributed by atoms with Gasteiger partial charge in [0, 0.05) is 32.2 Å². The molecule has 3 heterocycles. The molecule has 1 atom stereocenters. The van der Waals surface area contributed by atoms with E-state index >= 15 is 0 Å². The highest BCUT2D eigenvalue weighted by molar-refractivity contribution is 5.36. The maximum absolute atomic E-state index is 4.10. The van der Waals surface area contributed by atoms with Crippen molar-refractivity contribution >= 4 is 5.95 Å². The number of nitrogens with zero attached hydrogens (tertiary/aromatic N) is 8. The molecule has 9 heteroatoms. The zero-order chi connectivity index (χ0) is 17.9. The Kier molecular flexibility index (Phi) is 4.61. The van der Waals surface area contributed by atoms with Crippen molar-refractivity contribution in [3.05, 3.63) is 42.2 Å². The number of tetrazole rings is 1. The van der Waals surface area contributed by atoms with Crippen LogP contribution in [-0.4, -0.2) is 54.3 Å². The Morgan fingerprint density at radius 2 is 2.04 bits per heavy atom. The van der Waals surface area contributed by atoms with Crippen molar-refractivity contribution < 1.29 is 0 Å². The number of benzene rings is 1. The molecule has 1 saturated heterocycles. The van der Waals surface area contributed by atoms with E-state index in [0.29, 0.717) is 6.04 Å². The molecule has 0 aliphatic carbocycles. The lowest BCUT2D eigenvalue weighted by atomic mass is 10.0. The third-order valence-electron chi connectivity index (χ3n) is 4.92. The van der Waals surface area contributed by atoms with E-state index in [1.54, 1.807) is 15.6 Å². The normalized spacial score (nSPS) is 16.8. The minimum Gasteiger partial charge on any atom is -0.340 e. The number of nitrogens with one attached hydrogen (secondary N) is 1. The number of hydrogen-bond donors (Lipinski definition) is 1. The zero-order valence-corrected chi connectivity index (χ0v) is 15.0. The first-order valence-corrected chi connectivity index (χ1v) is 8.91. The molecule has 2 aromatic heterocycles. The van der Waals surface area contributed by atoms with E-state index in [4.69, 9.17) is 0 Å². The summed E-state index contributed by atoms with van der Waals surface area (Å²) in [5.74, 6) is 0.844. The minimum absolute atomic E-state index is 0.270. The van der Waals surface area contributed by atoms with Crippen molar-refractivity contribution in [2.45, 2.75) is 31.8 Å². The SMILES string of the molecule is CC(NC1CCN(c2nnnn2C)CC1)c1cccc(-n2ccnn2)c1. The van der Waals surface area contributed by atoms with Gasteiger partial charge in [-0.2, -0.15) is 0 Å². The Bertz CT molecular complexity index is 834. The van der Waals surface area contributed by atoms with Gasteiger partial charge in [0.05, 0.1) is 18.1 Å².